The van der Waals surface area contributed by atoms with Gasteiger partial charge in [0.2, 0.25) is 0 Å². The zero-order valence-electron chi connectivity index (χ0n) is 12.7. The molecule has 2 aromatic rings. The lowest BCUT2D eigenvalue weighted by molar-refractivity contribution is -0.0413. The second-order valence-electron chi connectivity index (χ2n) is 4.23. The third kappa shape index (κ3) is 10.6. The van der Waals surface area contributed by atoms with Crippen molar-refractivity contribution in [2.45, 2.75) is 19.6 Å². The second-order valence-corrected chi connectivity index (χ2v) is 4.23. The summed E-state index contributed by atoms with van der Waals surface area (Å²) < 4.78 is 0. The first-order valence-corrected chi connectivity index (χ1v) is 6.81. The molecule has 0 aliphatic heterocycles. The molecular weight excluding hydrogens is 300 g/mol. The van der Waals surface area contributed by atoms with Crippen molar-refractivity contribution < 1.29 is 30.0 Å². The Hall–Kier alpha value is -2.70. The summed E-state index contributed by atoms with van der Waals surface area (Å²) in [6, 6.07) is 16.6. The quantitative estimate of drug-likeness (QED) is 0.646. The average Bonchev–Trinajstić information content (AvgIpc) is 2.57. The summed E-state index contributed by atoms with van der Waals surface area (Å²) in [7, 11) is 0. The van der Waals surface area contributed by atoms with Crippen LogP contribution in [-0.2, 0) is 0 Å². The second kappa shape index (κ2) is 11.9. The molecule has 0 bridgehead atoms. The van der Waals surface area contributed by atoms with E-state index < -0.39 is 18.2 Å². The molecular formula is C17H20O6. The molecule has 0 saturated carbocycles. The van der Waals surface area contributed by atoms with Gasteiger partial charge in [0.15, 0.2) is 6.29 Å². The summed E-state index contributed by atoms with van der Waals surface area (Å²) in [5.74, 6) is -1.76. The maximum absolute atomic E-state index is 10.2. The molecule has 0 aliphatic rings. The topological polar surface area (TPSA) is 115 Å². The molecule has 4 N–H and O–H groups in total. The molecule has 6 heteroatoms. The van der Waals surface area contributed by atoms with Gasteiger partial charge in [0.05, 0.1) is 11.1 Å². The summed E-state index contributed by atoms with van der Waals surface area (Å²) in [4.78, 5) is 20.4. The third-order valence-corrected chi connectivity index (χ3v) is 2.41. The number of aliphatic hydroxyl groups is 2. The van der Waals surface area contributed by atoms with Gasteiger partial charge in [0.25, 0.3) is 0 Å². The van der Waals surface area contributed by atoms with Gasteiger partial charge in [0, 0.05) is 0 Å². The number of rotatable bonds is 3. The minimum absolute atomic E-state index is 0.331. The number of aromatic carboxylic acids is 2. The van der Waals surface area contributed by atoms with Crippen LogP contribution in [0, 0.1) is 0 Å². The molecule has 2 aromatic carbocycles. The number of carboxylic acids is 2. The minimum atomic E-state index is -1.12. The molecule has 0 atom stereocenters. The molecule has 6 nitrogen and oxygen atoms in total. The molecule has 0 unspecified atom stereocenters. The predicted octanol–water partition coefficient (Wildman–Crippen LogP) is 2.48. The highest BCUT2D eigenvalue weighted by molar-refractivity contribution is 5.87. The molecule has 0 radical (unpaired) electrons. The molecule has 23 heavy (non-hydrogen) atoms. The van der Waals surface area contributed by atoms with Gasteiger partial charge in [-0.3, -0.25) is 0 Å². The van der Waals surface area contributed by atoms with E-state index in [1.165, 1.54) is 0 Å². The van der Waals surface area contributed by atoms with Crippen LogP contribution in [0.15, 0.2) is 60.7 Å². The molecule has 0 fully saturated rings. The summed E-state index contributed by atoms with van der Waals surface area (Å²) in [6.07, 6.45) is -0.699. The number of carbonyl (C=O) groups is 2. The first-order valence-electron chi connectivity index (χ1n) is 6.81. The zero-order valence-corrected chi connectivity index (χ0v) is 12.7. The van der Waals surface area contributed by atoms with Crippen molar-refractivity contribution in [1.29, 1.82) is 0 Å². The first kappa shape index (κ1) is 20.3. The van der Waals surface area contributed by atoms with Gasteiger partial charge in [-0.25, -0.2) is 9.59 Å². The number of hydrogen-bond donors (Lipinski definition) is 4. The SMILES string of the molecule is CCC(O)O.O=C(O)c1ccccc1.O=C(O)c1ccccc1. The summed E-state index contributed by atoms with van der Waals surface area (Å²) in [5, 5.41) is 32.6. The van der Waals surface area contributed by atoms with Crippen LogP contribution in [-0.4, -0.2) is 38.7 Å². The minimum Gasteiger partial charge on any atom is -0.478 e. The number of aliphatic hydroxyl groups excluding tert-OH is 1. The zero-order chi connectivity index (χ0) is 17.7. The van der Waals surface area contributed by atoms with Crippen LogP contribution in [0.1, 0.15) is 34.1 Å². The summed E-state index contributed by atoms with van der Waals surface area (Å²) in [5.41, 5.74) is 0.662. The van der Waals surface area contributed by atoms with E-state index in [1.54, 1.807) is 67.6 Å². The van der Waals surface area contributed by atoms with Crippen molar-refractivity contribution in [3.63, 3.8) is 0 Å². The largest absolute Gasteiger partial charge is 0.478 e. The van der Waals surface area contributed by atoms with E-state index in [2.05, 4.69) is 0 Å². The van der Waals surface area contributed by atoms with Gasteiger partial charge in [-0.1, -0.05) is 43.3 Å². The fourth-order valence-corrected chi connectivity index (χ4v) is 1.16. The average molecular weight is 320 g/mol. The van der Waals surface area contributed by atoms with E-state index in [9.17, 15) is 9.59 Å². The van der Waals surface area contributed by atoms with Crippen LogP contribution < -0.4 is 0 Å². The molecule has 0 spiro atoms. The summed E-state index contributed by atoms with van der Waals surface area (Å²) >= 11 is 0. The van der Waals surface area contributed by atoms with Crippen LogP contribution in [0.3, 0.4) is 0 Å². The Labute approximate surface area is 134 Å². The monoisotopic (exact) mass is 320 g/mol. The van der Waals surface area contributed by atoms with Crippen molar-refractivity contribution in [3.8, 4) is 0 Å². The summed E-state index contributed by atoms with van der Waals surface area (Å²) in [6.45, 7) is 1.70. The molecule has 0 aliphatic carbocycles. The lowest BCUT2D eigenvalue weighted by atomic mass is 10.2. The van der Waals surface area contributed by atoms with Crippen molar-refractivity contribution in [2.24, 2.45) is 0 Å². The van der Waals surface area contributed by atoms with Crippen LogP contribution in [0.5, 0.6) is 0 Å². The van der Waals surface area contributed by atoms with E-state index >= 15 is 0 Å². The van der Waals surface area contributed by atoms with Crippen LogP contribution in [0.25, 0.3) is 0 Å². The van der Waals surface area contributed by atoms with Gasteiger partial charge >= 0.3 is 11.9 Å². The Morgan fingerprint density at radius 3 is 1.17 bits per heavy atom. The van der Waals surface area contributed by atoms with Crippen LogP contribution >= 0.6 is 0 Å². The maximum atomic E-state index is 10.2. The highest BCUT2D eigenvalue weighted by Crippen LogP contribution is 1.96. The lowest BCUT2D eigenvalue weighted by Crippen LogP contribution is -1.99. The lowest BCUT2D eigenvalue weighted by Gasteiger charge is -1.90. The van der Waals surface area contributed by atoms with Crippen LogP contribution in [0.4, 0.5) is 0 Å². The van der Waals surface area contributed by atoms with Crippen molar-refractivity contribution in [3.05, 3.63) is 71.8 Å². The van der Waals surface area contributed by atoms with E-state index in [-0.39, 0.29) is 0 Å². The number of carboxylic acid groups (broad SMARTS) is 2. The highest BCUT2D eigenvalue weighted by Gasteiger charge is 1.97. The van der Waals surface area contributed by atoms with Crippen molar-refractivity contribution >= 4 is 11.9 Å². The fourth-order valence-electron chi connectivity index (χ4n) is 1.16. The van der Waals surface area contributed by atoms with Gasteiger partial charge in [-0.15, -0.1) is 0 Å². The maximum Gasteiger partial charge on any atom is 0.335 e. The molecule has 124 valence electrons. The van der Waals surface area contributed by atoms with Crippen molar-refractivity contribution in [1.82, 2.24) is 0 Å². The Kier molecular flexibility index (Phi) is 10.5. The molecule has 0 aromatic heterocycles. The smallest absolute Gasteiger partial charge is 0.335 e. The molecule has 0 saturated heterocycles. The fraction of sp³-hybridized carbons (Fsp3) is 0.176. The third-order valence-electron chi connectivity index (χ3n) is 2.41. The molecule has 0 amide bonds. The Balaban J connectivity index is 0.000000332. The Morgan fingerprint density at radius 2 is 1.04 bits per heavy atom. The number of benzene rings is 2. The Bertz CT molecular complexity index is 517. The predicted molar refractivity (Wildman–Crippen MR) is 85.3 cm³/mol. The van der Waals surface area contributed by atoms with E-state index in [1.807, 2.05) is 0 Å². The molecule has 0 heterocycles. The van der Waals surface area contributed by atoms with Crippen molar-refractivity contribution in [2.75, 3.05) is 0 Å². The van der Waals surface area contributed by atoms with E-state index in [0.717, 1.165) is 0 Å². The first-order chi connectivity index (χ1) is 10.9. The van der Waals surface area contributed by atoms with E-state index in [4.69, 9.17) is 20.4 Å². The molecule has 2 rings (SSSR count). The Morgan fingerprint density at radius 1 is 0.783 bits per heavy atom. The van der Waals surface area contributed by atoms with Gasteiger partial charge in [0.1, 0.15) is 0 Å². The normalized spacial score (nSPS) is 9.04. The van der Waals surface area contributed by atoms with Crippen LogP contribution in [0.2, 0.25) is 0 Å². The van der Waals surface area contributed by atoms with E-state index in [0.29, 0.717) is 17.5 Å². The van der Waals surface area contributed by atoms with Gasteiger partial charge < -0.3 is 20.4 Å². The number of hydrogen-bond acceptors (Lipinski definition) is 4. The standard InChI is InChI=1S/2C7H6O2.C3H8O2/c2*8-7(9)6-4-2-1-3-5-6;1-2-3(4)5/h2*1-5H,(H,8,9);3-5H,2H2,1H3. The van der Waals surface area contributed by atoms with Gasteiger partial charge in [-0.05, 0) is 30.7 Å². The highest BCUT2D eigenvalue weighted by atomic mass is 16.5. The van der Waals surface area contributed by atoms with Gasteiger partial charge in [-0.2, -0.15) is 0 Å².